The number of hydrogen-bond acceptors (Lipinski definition) is 4. The van der Waals surface area contributed by atoms with Gasteiger partial charge in [0.05, 0.1) is 12.0 Å². The number of carbonyl (C=O) groups excluding carboxylic acids is 1. The molecule has 2 N–H and O–H groups in total. The predicted octanol–water partition coefficient (Wildman–Crippen LogP) is 1.01. The van der Waals surface area contributed by atoms with Gasteiger partial charge in [0.2, 0.25) is 5.91 Å². The summed E-state index contributed by atoms with van der Waals surface area (Å²) in [6.07, 6.45) is 5.91. The molecule has 2 heterocycles. The van der Waals surface area contributed by atoms with Crippen molar-refractivity contribution in [2.75, 3.05) is 26.8 Å². The molecule has 7 nitrogen and oxygen atoms in total. The van der Waals surface area contributed by atoms with Crippen LogP contribution < -0.4 is 5.69 Å². The lowest BCUT2D eigenvalue weighted by Crippen LogP contribution is -2.48. The highest BCUT2D eigenvalue weighted by atomic mass is 16.5. The molecule has 2 fully saturated rings. The molecule has 0 bridgehead atoms. The number of nitrogens with one attached hydrogen (secondary N) is 2. The van der Waals surface area contributed by atoms with Crippen LogP contribution in [0.2, 0.25) is 0 Å². The second-order valence-corrected chi connectivity index (χ2v) is 6.57. The van der Waals surface area contributed by atoms with Crippen LogP contribution in [0.25, 0.3) is 0 Å². The van der Waals surface area contributed by atoms with Gasteiger partial charge in [0.15, 0.2) is 0 Å². The van der Waals surface area contributed by atoms with Gasteiger partial charge in [-0.05, 0) is 25.7 Å². The SMILES string of the molecule is COCC1(C(=O)N2CCCC(c3n[nH]c(=O)[nH]3)C2)CCCC1. The van der Waals surface area contributed by atoms with Gasteiger partial charge in [-0.2, -0.15) is 5.10 Å². The zero-order chi connectivity index (χ0) is 15.6. The van der Waals surface area contributed by atoms with Crippen LogP contribution in [0.4, 0.5) is 0 Å². The standard InChI is InChI=1S/C15H24N4O3/c1-22-10-15(6-2-3-7-15)13(20)19-8-4-5-11(9-19)12-16-14(21)18-17-12/h11H,2-10H2,1H3,(H2,16,17,18,21). The molecule has 0 radical (unpaired) electrons. The van der Waals surface area contributed by atoms with E-state index in [0.717, 1.165) is 45.1 Å². The fourth-order valence-corrected chi connectivity index (χ4v) is 3.94. The zero-order valence-corrected chi connectivity index (χ0v) is 13.1. The highest BCUT2D eigenvalue weighted by Crippen LogP contribution is 2.41. The Balaban J connectivity index is 1.73. The van der Waals surface area contributed by atoms with Crippen molar-refractivity contribution >= 4 is 5.91 Å². The Hall–Kier alpha value is -1.63. The summed E-state index contributed by atoms with van der Waals surface area (Å²) in [6.45, 7) is 1.92. The smallest absolute Gasteiger partial charge is 0.340 e. The van der Waals surface area contributed by atoms with Crippen LogP contribution in [0.15, 0.2) is 4.79 Å². The normalized spacial score (nSPS) is 24.6. The second-order valence-electron chi connectivity index (χ2n) is 6.57. The van der Waals surface area contributed by atoms with Crippen molar-refractivity contribution in [1.82, 2.24) is 20.1 Å². The summed E-state index contributed by atoms with van der Waals surface area (Å²) in [7, 11) is 1.67. The van der Waals surface area contributed by atoms with Gasteiger partial charge in [0.1, 0.15) is 5.82 Å². The van der Waals surface area contributed by atoms with Gasteiger partial charge in [0.25, 0.3) is 0 Å². The number of rotatable bonds is 4. The third-order valence-electron chi connectivity index (χ3n) is 5.05. The molecule has 1 saturated heterocycles. The number of carbonyl (C=O) groups is 1. The maximum atomic E-state index is 13.0. The number of likely N-dealkylation sites (tertiary alicyclic amines) is 1. The molecule has 2 aliphatic rings. The summed E-state index contributed by atoms with van der Waals surface area (Å²) in [6, 6.07) is 0. The topological polar surface area (TPSA) is 91.1 Å². The molecule has 1 saturated carbocycles. The number of aromatic nitrogens is 3. The van der Waals surface area contributed by atoms with E-state index in [4.69, 9.17) is 4.74 Å². The van der Waals surface area contributed by atoms with Crippen molar-refractivity contribution in [3.63, 3.8) is 0 Å². The monoisotopic (exact) mass is 308 g/mol. The average molecular weight is 308 g/mol. The maximum absolute atomic E-state index is 13.0. The second kappa shape index (κ2) is 6.24. The van der Waals surface area contributed by atoms with Crippen LogP contribution in [0.5, 0.6) is 0 Å². The predicted molar refractivity (Wildman–Crippen MR) is 80.5 cm³/mol. The lowest BCUT2D eigenvalue weighted by Gasteiger charge is -2.38. The summed E-state index contributed by atoms with van der Waals surface area (Å²) in [5.74, 6) is 0.988. The van der Waals surface area contributed by atoms with Crippen molar-refractivity contribution in [1.29, 1.82) is 0 Å². The highest BCUT2D eigenvalue weighted by Gasteiger charge is 2.44. The van der Waals surface area contributed by atoms with E-state index < -0.39 is 0 Å². The van der Waals surface area contributed by atoms with Crippen molar-refractivity contribution in [2.45, 2.75) is 44.4 Å². The Morgan fingerprint density at radius 3 is 2.82 bits per heavy atom. The molecule has 7 heteroatoms. The molecule has 0 aromatic carbocycles. The van der Waals surface area contributed by atoms with Crippen molar-refractivity contribution in [2.24, 2.45) is 5.41 Å². The molecule has 0 spiro atoms. The fraction of sp³-hybridized carbons (Fsp3) is 0.800. The molecule has 1 aromatic rings. The first-order chi connectivity index (χ1) is 10.6. The van der Waals surface area contributed by atoms with Gasteiger partial charge >= 0.3 is 5.69 Å². The Kier molecular flexibility index (Phi) is 4.33. The highest BCUT2D eigenvalue weighted by molar-refractivity contribution is 5.83. The zero-order valence-electron chi connectivity index (χ0n) is 13.1. The van der Waals surface area contributed by atoms with Crippen LogP contribution in [-0.4, -0.2) is 52.8 Å². The molecule has 22 heavy (non-hydrogen) atoms. The average Bonchev–Trinajstić information content (AvgIpc) is 3.17. The van der Waals surface area contributed by atoms with Gasteiger partial charge in [-0.25, -0.2) is 9.89 Å². The summed E-state index contributed by atoms with van der Waals surface area (Å²) in [5.41, 5.74) is -0.625. The third kappa shape index (κ3) is 2.82. The van der Waals surface area contributed by atoms with Gasteiger partial charge in [-0.15, -0.1) is 0 Å². The molecule has 1 atom stereocenters. The summed E-state index contributed by atoms with van der Waals surface area (Å²) in [5, 5.41) is 6.44. The Bertz CT molecular complexity index is 573. The fourth-order valence-electron chi connectivity index (χ4n) is 3.94. The maximum Gasteiger partial charge on any atom is 0.340 e. The lowest BCUT2D eigenvalue weighted by molar-refractivity contribution is -0.146. The number of aromatic amines is 2. The first-order valence-corrected chi connectivity index (χ1v) is 8.07. The molecule has 1 unspecified atom stereocenters. The summed E-state index contributed by atoms with van der Waals surface area (Å²) < 4.78 is 5.34. The summed E-state index contributed by atoms with van der Waals surface area (Å²) >= 11 is 0. The van der Waals surface area contributed by atoms with Gasteiger partial charge in [-0.3, -0.25) is 9.78 Å². The number of hydrogen-bond donors (Lipinski definition) is 2. The molecule has 1 aliphatic carbocycles. The minimum Gasteiger partial charge on any atom is -0.384 e. The number of nitrogens with zero attached hydrogens (tertiary/aromatic N) is 2. The lowest BCUT2D eigenvalue weighted by atomic mass is 9.84. The molecule has 1 amide bonds. The van der Waals surface area contributed by atoms with E-state index in [1.165, 1.54) is 0 Å². The molecule has 1 aromatic heterocycles. The quantitative estimate of drug-likeness (QED) is 0.868. The first kappa shape index (κ1) is 15.3. The van der Waals surface area contributed by atoms with E-state index in [-0.39, 0.29) is 22.9 Å². The van der Waals surface area contributed by atoms with Gasteiger partial charge in [-0.1, -0.05) is 12.8 Å². The number of H-pyrrole nitrogens is 2. The number of ether oxygens (including phenoxy) is 1. The largest absolute Gasteiger partial charge is 0.384 e. The minimum atomic E-state index is -0.338. The number of methoxy groups -OCH3 is 1. The Morgan fingerprint density at radius 1 is 1.41 bits per heavy atom. The minimum absolute atomic E-state index is 0.109. The number of amides is 1. The van der Waals surface area contributed by atoms with Crippen LogP contribution >= 0.6 is 0 Å². The molecule has 3 rings (SSSR count). The van der Waals surface area contributed by atoms with E-state index in [9.17, 15) is 9.59 Å². The molecule has 1 aliphatic heterocycles. The van der Waals surface area contributed by atoms with E-state index in [1.54, 1.807) is 7.11 Å². The van der Waals surface area contributed by atoms with Crippen molar-refractivity contribution in [3.8, 4) is 0 Å². The van der Waals surface area contributed by atoms with E-state index >= 15 is 0 Å². The van der Waals surface area contributed by atoms with Crippen molar-refractivity contribution in [3.05, 3.63) is 16.3 Å². The Morgan fingerprint density at radius 2 is 2.18 bits per heavy atom. The molecular formula is C15H24N4O3. The van der Waals surface area contributed by atoms with E-state index in [2.05, 4.69) is 15.2 Å². The van der Waals surface area contributed by atoms with Gasteiger partial charge < -0.3 is 9.64 Å². The molecule has 122 valence electrons. The third-order valence-corrected chi connectivity index (χ3v) is 5.05. The van der Waals surface area contributed by atoms with Crippen LogP contribution in [0.1, 0.15) is 50.3 Å². The molecular weight excluding hydrogens is 284 g/mol. The van der Waals surface area contributed by atoms with E-state index in [1.807, 2.05) is 4.90 Å². The first-order valence-electron chi connectivity index (χ1n) is 8.07. The van der Waals surface area contributed by atoms with Crippen molar-refractivity contribution < 1.29 is 9.53 Å². The number of piperidine rings is 1. The van der Waals surface area contributed by atoms with Crippen LogP contribution in [0, 0.1) is 5.41 Å². The van der Waals surface area contributed by atoms with Crippen LogP contribution in [0.3, 0.4) is 0 Å². The summed E-state index contributed by atoms with van der Waals surface area (Å²) in [4.78, 5) is 28.9. The van der Waals surface area contributed by atoms with E-state index in [0.29, 0.717) is 19.0 Å². The Labute approximate surface area is 129 Å². The van der Waals surface area contributed by atoms with Crippen LogP contribution in [-0.2, 0) is 9.53 Å². The van der Waals surface area contributed by atoms with Gasteiger partial charge in [0, 0.05) is 26.1 Å².